The van der Waals surface area contributed by atoms with Gasteiger partial charge in [0.15, 0.2) is 0 Å². The Labute approximate surface area is 136 Å². The lowest BCUT2D eigenvalue weighted by Gasteiger charge is -2.17. The van der Waals surface area contributed by atoms with Crippen molar-refractivity contribution in [2.45, 2.75) is 39.5 Å². The van der Waals surface area contributed by atoms with E-state index in [1.807, 2.05) is 6.07 Å². The van der Waals surface area contributed by atoms with Crippen molar-refractivity contribution < 1.29 is 4.57 Å². The smallest absolute Gasteiger partial charge is 0.196 e. The molecule has 5 heteroatoms. The zero-order valence-electron chi connectivity index (χ0n) is 14.0. The zero-order valence-corrected chi connectivity index (χ0v) is 14.0. The lowest BCUT2D eigenvalue weighted by molar-refractivity contribution is -0.622. The third kappa shape index (κ3) is 2.99. The first-order chi connectivity index (χ1) is 11.1. The van der Waals surface area contributed by atoms with Gasteiger partial charge in [-0.15, -0.1) is 0 Å². The molecule has 0 saturated carbocycles. The second-order valence-electron chi connectivity index (χ2n) is 6.32. The first-order valence-corrected chi connectivity index (χ1v) is 7.97. The van der Waals surface area contributed by atoms with E-state index < -0.39 is 0 Å². The molecule has 0 aliphatic rings. The summed E-state index contributed by atoms with van der Waals surface area (Å²) in [6.45, 7) is 8.74. The van der Waals surface area contributed by atoms with E-state index in [0.29, 0.717) is 17.8 Å². The second-order valence-corrected chi connectivity index (χ2v) is 6.32. The van der Waals surface area contributed by atoms with Crippen molar-refractivity contribution in [3.8, 4) is 17.1 Å². The van der Waals surface area contributed by atoms with Crippen LogP contribution in [-0.4, -0.2) is 20.6 Å². The van der Waals surface area contributed by atoms with Gasteiger partial charge in [0.1, 0.15) is 0 Å². The molecule has 0 aliphatic heterocycles. The minimum Gasteiger partial charge on any atom is -0.196 e. The lowest BCUT2D eigenvalue weighted by atomic mass is 9.97. The quantitative estimate of drug-likeness (QED) is 0.752. The number of rotatable bonds is 4. The van der Waals surface area contributed by atoms with E-state index in [4.69, 9.17) is 0 Å². The zero-order chi connectivity index (χ0) is 16.4. The highest BCUT2D eigenvalue weighted by molar-refractivity contribution is 5.63. The Kier molecular flexibility index (Phi) is 4.19. The van der Waals surface area contributed by atoms with Crippen molar-refractivity contribution >= 4 is 0 Å². The van der Waals surface area contributed by atoms with Gasteiger partial charge in [0.2, 0.25) is 0 Å². The van der Waals surface area contributed by atoms with Crippen molar-refractivity contribution in [2.75, 3.05) is 0 Å². The number of pyridine rings is 1. The molecule has 2 heterocycles. The highest BCUT2D eigenvalue weighted by atomic mass is 15.5. The third-order valence-electron chi connectivity index (χ3n) is 3.95. The number of benzene rings is 1. The van der Waals surface area contributed by atoms with Crippen molar-refractivity contribution in [1.82, 2.24) is 20.6 Å². The fraction of sp³-hybridized carbons (Fsp3) is 0.333. The number of aromatic nitrogens is 5. The summed E-state index contributed by atoms with van der Waals surface area (Å²) in [5, 5.41) is 14.7. The number of hydrogen-bond acceptors (Lipinski definition) is 3. The average Bonchev–Trinajstić information content (AvgIpc) is 3.08. The molecule has 0 amide bonds. The molecular formula is C18H22N5+. The van der Waals surface area contributed by atoms with Crippen LogP contribution < -0.4 is 4.57 Å². The fourth-order valence-corrected chi connectivity index (χ4v) is 2.77. The van der Waals surface area contributed by atoms with Crippen LogP contribution in [0, 0.1) is 0 Å². The standard InChI is InChI=1S/C18H22N5/c1-12(2)16-10-15(14-8-6-5-7-9-14)11-17(13(3)4)23(16)18-19-21-22-20-18/h5-13H,1-4H3,(H,19,20,21,22)/q+1. The summed E-state index contributed by atoms with van der Waals surface area (Å²) in [5.41, 5.74) is 4.79. The largest absolute Gasteiger partial charge is 0.483 e. The molecule has 0 fully saturated rings. The van der Waals surface area contributed by atoms with Gasteiger partial charge < -0.3 is 0 Å². The van der Waals surface area contributed by atoms with Crippen molar-refractivity contribution in [1.29, 1.82) is 0 Å². The van der Waals surface area contributed by atoms with Gasteiger partial charge in [-0.25, -0.2) is 0 Å². The Morgan fingerprint density at radius 1 is 0.870 bits per heavy atom. The van der Waals surface area contributed by atoms with E-state index in [-0.39, 0.29) is 0 Å². The number of nitrogens with zero attached hydrogens (tertiary/aromatic N) is 4. The molecule has 3 aromatic rings. The van der Waals surface area contributed by atoms with Crippen LogP contribution in [0.3, 0.4) is 0 Å². The molecule has 118 valence electrons. The molecule has 5 nitrogen and oxygen atoms in total. The predicted molar refractivity (Wildman–Crippen MR) is 89.3 cm³/mol. The predicted octanol–water partition coefficient (Wildman–Crippen LogP) is 3.39. The monoisotopic (exact) mass is 308 g/mol. The van der Waals surface area contributed by atoms with Gasteiger partial charge in [0, 0.05) is 22.1 Å². The van der Waals surface area contributed by atoms with Gasteiger partial charge in [-0.2, -0.15) is 4.57 Å². The van der Waals surface area contributed by atoms with Crippen LogP contribution in [0.1, 0.15) is 50.9 Å². The number of H-pyrrole nitrogens is 1. The van der Waals surface area contributed by atoms with Crippen LogP contribution >= 0.6 is 0 Å². The second kappa shape index (κ2) is 6.28. The van der Waals surface area contributed by atoms with E-state index in [1.54, 1.807) is 0 Å². The summed E-state index contributed by atoms with van der Waals surface area (Å²) in [4.78, 5) is 0. The summed E-state index contributed by atoms with van der Waals surface area (Å²) in [6.07, 6.45) is 0. The van der Waals surface area contributed by atoms with Gasteiger partial charge in [0.05, 0.1) is 16.5 Å². The average molecular weight is 308 g/mol. The van der Waals surface area contributed by atoms with Crippen LogP contribution in [0.15, 0.2) is 42.5 Å². The molecule has 0 saturated heterocycles. The lowest BCUT2D eigenvalue weighted by Crippen LogP contribution is -2.42. The molecule has 3 rings (SSSR count). The Hall–Kier alpha value is -2.56. The Balaban J connectivity index is 2.28. The fourth-order valence-electron chi connectivity index (χ4n) is 2.77. The number of tetrazole rings is 1. The van der Waals surface area contributed by atoms with Gasteiger partial charge in [-0.05, 0) is 23.3 Å². The van der Waals surface area contributed by atoms with E-state index in [2.05, 4.69) is 89.3 Å². The van der Waals surface area contributed by atoms with Crippen molar-refractivity contribution in [2.24, 2.45) is 0 Å². The Morgan fingerprint density at radius 2 is 1.48 bits per heavy atom. The molecule has 0 bridgehead atoms. The maximum Gasteiger partial charge on any atom is 0.483 e. The molecule has 1 aromatic carbocycles. The highest BCUT2D eigenvalue weighted by Crippen LogP contribution is 2.26. The maximum atomic E-state index is 4.19. The Morgan fingerprint density at radius 3 is 1.96 bits per heavy atom. The molecule has 0 unspecified atom stereocenters. The van der Waals surface area contributed by atoms with E-state index in [0.717, 1.165) is 0 Å². The van der Waals surface area contributed by atoms with Crippen LogP contribution in [0.4, 0.5) is 0 Å². The first-order valence-electron chi connectivity index (χ1n) is 7.97. The summed E-state index contributed by atoms with van der Waals surface area (Å²) in [6, 6.07) is 14.9. The van der Waals surface area contributed by atoms with Crippen LogP contribution in [0.25, 0.3) is 17.1 Å². The van der Waals surface area contributed by atoms with Crippen molar-refractivity contribution in [3.63, 3.8) is 0 Å². The van der Waals surface area contributed by atoms with E-state index in [9.17, 15) is 0 Å². The Bertz CT molecular complexity index is 747. The van der Waals surface area contributed by atoms with Gasteiger partial charge in [0.25, 0.3) is 0 Å². The summed E-state index contributed by atoms with van der Waals surface area (Å²) >= 11 is 0. The molecule has 0 atom stereocenters. The minimum absolute atomic E-state index is 0.342. The van der Waals surface area contributed by atoms with E-state index >= 15 is 0 Å². The number of aromatic amines is 1. The normalized spacial score (nSPS) is 11.4. The van der Waals surface area contributed by atoms with Gasteiger partial charge >= 0.3 is 5.95 Å². The molecule has 0 spiro atoms. The van der Waals surface area contributed by atoms with Gasteiger partial charge in [-0.3, -0.25) is 0 Å². The van der Waals surface area contributed by atoms with Crippen LogP contribution in [0.5, 0.6) is 0 Å². The molecule has 23 heavy (non-hydrogen) atoms. The van der Waals surface area contributed by atoms with Crippen LogP contribution in [-0.2, 0) is 0 Å². The third-order valence-corrected chi connectivity index (χ3v) is 3.95. The molecule has 0 radical (unpaired) electrons. The molecule has 1 N–H and O–H groups in total. The van der Waals surface area contributed by atoms with E-state index in [1.165, 1.54) is 22.5 Å². The number of nitrogens with one attached hydrogen (secondary N) is 1. The molecular weight excluding hydrogens is 286 g/mol. The molecule has 2 aromatic heterocycles. The number of hydrogen-bond donors (Lipinski definition) is 1. The summed E-state index contributed by atoms with van der Waals surface area (Å²) in [7, 11) is 0. The van der Waals surface area contributed by atoms with Gasteiger partial charge in [-0.1, -0.05) is 63.2 Å². The highest BCUT2D eigenvalue weighted by Gasteiger charge is 2.25. The summed E-state index contributed by atoms with van der Waals surface area (Å²) < 4.78 is 2.12. The van der Waals surface area contributed by atoms with Crippen molar-refractivity contribution in [3.05, 3.63) is 53.9 Å². The SMILES string of the molecule is CC(C)c1cc(-c2ccccc2)cc(C(C)C)[n+]1-c1nn[nH]n1. The minimum atomic E-state index is 0.342. The summed E-state index contributed by atoms with van der Waals surface area (Å²) in [5.74, 6) is 1.28. The first kappa shape index (κ1) is 15.3. The maximum absolute atomic E-state index is 4.19. The van der Waals surface area contributed by atoms with Crippen LogP contribution in [0.2, 0.25) is 0 Å². The topological polar surface area (TPSA) is 58.3 Å². The molecule has 0 aliphatic carbocycles.